The number of amides is 1. The Morgan fingerprint density at radius 2 is 2.19 bits per heavy atom. The largest absolute Gasteiger partial charge is 0.415 e. The maximum absolute atomic E-state index is 14.9. The number of fused-ring (bicyclic) bond motifs is 1. The van der Waals surface area contributed by atoms with Gasteiger partial charge in [0.05, 0.1) is 25.1 Å². The van der Waals surface area contributed by atoms with E-state index in [9.17, 15) is 18.0 Å². The monoisotopic (exact) mass is 453 g/mol. The summed E-state index contributed by atoms with van der Waals surface area (Å²) < 4.78 is 49.2. The summed E-state index contributed by atoms with van der Waals surface area (Å²) in [6.07, 6.45) is 1.78. The molecule has 31 heavy (non-hydrogen) atoms. The Balaban J connectivity index is 1.60. The normalized spacial score (nSPS) is 25.1. The van der Waals surface area contributed by atoms with Crippen LogP contribution in [0.5, 0.6) is 5.88 Å². The van der Waals surface area contributed by atoms with Crippen molar-refractivity contribution < 1.29 is 27.4 Å². The van der Waals surface area contributed by atoms with Crippen LogP contribution in [0.4, 0.5) is 18.9 Å². The summed E-state index contributed by atoms with van der Waals surface area (Å²) in [6.45, 7) is -0.967. The van der Waals surface area contributed by atoms with Crippen LogP contribution in [-0.2, 0) is 10.3 Å². The van der Waals surface area contributed by atoms with Gasteiger partial charge >= 0.3 is 6.61 Å². The smallest absolute Gasteiger partial charge is 0.388 e. The van der Waals surface area contributed by atoms with Crippen LogP contribution in [0.15, 0.2) is 35.6 Å². The average molecular weight is 453 g/mol. The number of ether oxygens (including phenoxy) is 2. The number of aliphatic imine (C=N–C) groups is 1. The van der Waals surface area contributed by atoms with Crippen LogP contribution in [-0.4, -0.2) is 46.1 Å². The first-order chi connectivity index (χ1) is 14.8. The highest BCUT2D eigenvalue weighted by molar-refractivity contribution is 8.13. The molecule has 2 aliphatic heterocycles. The van der Waals surface area contributed by atoms with E-state index < -0.39 is 29.8 Å². The van der Waals surface area contributed by atoms with Gasteiger partial charge in [0.2, 0.25) is 5.88 Å². The number of carbonyl (C=O) groups excluding carboxylic acids is 1. The van der Waals surface area contributed by atoms with Gasteiger partial charge in [-0.25, -0.2) is 19.4 Å². The summed E-state index contributed by atoms with van der Waals surface area (Å²) >= 11 is 1.40. The first kappa shape index (κ1) is 21.4. The summed E-state index contributed by atoms with van der Waals surface area (Å²) in [6, 6.07) is 4.13. The number of hydrogen-bond donors (Lipinski definition) is 2. The number of thioether (sulfide) groups is 1. The van der Waals surface area contributed by atoms with Crippen molar-refractivity contribution in [1.29, 1.82) is 0 Å². The fourth-order valence-electron chi connectivity index (χ4n) is 3.72. The number of nitrogens with one attached hydrogen (secondary N) is 1. The number of benzene rings is 1. The minimum absolute atomic E-state index is 0.0847. The van der Waals surface area contributed by atoms with Gasteiger partial charge in [0.1, 0.15) is 17.1 Å². The summed E-state index contributed by atoms with van der Waals surface area (Å²) in [5.41, 5.74) is 5.41. The van der Waals surface area contributed by atoms with E-state index in [-0.39, 0.29) is 29.9 Å². The average Bonchev–Trinajstić information content (AvgIpc) is 3.06. The number of halogens is 3. The zero-order chi connectivity index (χ0) is 22.2. The highest BCUT2D eigenvalue weighted by atomic mass is 32.2. The molecule has 12 heteroatoms. The van der Waals surface area contributed by atoms with E-state index in [0.717, 1.165) is 12.4 Å². The van der Waals surface area contributed by atoms with Crippen molar-refractivity contribution in [2.75, 3.05) is 17.7 Å². The standard InChI is InChI=1S/C19H18F3N5O3S/c1-9-12-7-31-18(23)27-19(12,8-29-9)11-4-10(2-3-13(11)20)26-16(28)14-5-25-15(6-24-14)30-17(21)22/h2-6,9,12,17H,7-8H2,1H3,(H2,23,27)(H,26,28)/t9-,12?,19?/m1/s1. The first-order valence-corrected chi connectivity index (χ1v) is 10.2. The molecule has 4 rings (SSSR count). The zero-order valence-corrected chi connectivity index (χ0v) is 17.0. The van der Waals surface area contributed by atoms with Gasteiger partial charge in [-0.2, -0.15) is 8.78 Å². The highest BCUT2D eigenvalue weighted by Crippen LogP contribution is 2.48. The number of alkyl halides is 2. The minimum Gasteiger partial charge on any atom is -0.415 e. The molecule has 2 aliphatic rings. The third-order valence-electron chi connectivity index (χ3n) is 5.23. The second-order valence-electron chi connectivity index (χ2n) is 7.08. The molecule has 0 bridgehead atoms. The van der Waals surface area contributed by atoms with E-state index in [1.807, 2.05) is 6.92 Å². The fourth-order valence-corrected chi connectivity index (χ4v) is 4.84. The number of hydrogen-bond acceptors (Lipinski definition) is 8. The van der Waals surface area contributed by atoms with Gasteiger partial charge in [-0.05, 0) is 25.1 Å². The lowest BCUT2D eigenvalue weighted by atomic mass is 9.79. The van der Waals surface area contributed by atoms with Crippen molar-refractivity contribution in [2.24, 2.45) is 16.6 Å². The van der Waals surface area contributed by atoms with Crippen LogP contribution in [0.2, 0.25) is 0 Å². The van der Waals surface area contributed by atoms with Crippen LogP contribution < -0.4 is 15.8 Å². The van der Waals surface area contributed by atoms with Crippen molar-refractivity contribution in [2.45, 2.75) is 25.2 Å². The molecule has 0 radical (unpaired) electrons. The third kappa shape index (κ3) is 4.17. The molecule has 1 fully saturated rings. The van der Waals surface area contributed by atoms with Crippen molar-refractivity contribution in [1.82, 2.24) is 9.97 Å². The van der Waals surface area contributed by atoms with Crippen LogP contribution in [0.3, 0.4) is 0 Å². The number of nitrogens with two attached hydrogens (primary N) is 1. The second-order valence-corrected chi connectivity index (χ2v) is 8.12. The van der Waals surface area contributed by atoms with Gasteiger partial charge in [-0.3, -0.25) is 4.79 Å². The summed E-state index contributed by atoms with van der Waals surface area (Å²) in [7, 11) is 0. The Bertz CT molecular complexity index is 1020. The molecule has 0 spiro atoms. The van der Waals surface area contributed by atoms with Crippen LogP contribution in [0, 0.1) is 11.7 Å². The van der Waals surface area contributed by atoms with E-state index in [4.69, 9.17) is 10.5 Å². The molecule has 2 aromatic rings. The lowest BCUT2D eigenvalue weighted by Crippen LogP contribution is -2.41. The Labute approximate surface area is 179 Å². The SMILES string of the molecule is C[C@H]1OCC2(c3cc(NC(=O)c4cnc(OC(F)F)cn4)ccc3F)N=C(N)SCC12. The minimum atomic E-state index is -3.05. The van der Waals surface area contributed by atoms with Crippen molar-refractivity contribution in [3.8, 4) is 5.88 Å². The highest BCUT2D eigenvalue weighted by Gasteiger charge is 2.52. The van der Waals surface area contributed by atoms with Crippen LogP contribution in [0.1, 0.15) is 23.0 Å². The van der Waals surface area contributed by atoms with Crippen molar-refractivity contribution in [3.05, 3.63) is 47.7 Å². The zero-order valence-electron chi connectivity index (χ0n) is 16.2. The predicted molar refractivity (Wildman–Crippen MR) is 108 cm³/mol. The van der Waals surface area contributed by atoms with Crippen LogP contribution >= 0.6 is 11.8 Å². The molecule has 164 valence electrons. The Morgan fingerprint density at radius 3 is 2.90 bits per heavy atom. The number of aromatic nitrogens is 2. The summed E-state index contributed by atoms with van der Waals surface area (Å²) in [5, 5.41) is 2.95. The molecule has 1 aromatic carbocycles. The molecule has 1 saturated heterocycles. The maximum atomic E-state index is 14.9. The first-order valence-electron chi connectivity index (χ1n) is 9.26. The molecular formula is C19H18F3N5O3S. The van der Waals surface area contributed by atoms with E-state index in [1.54, 1.807) is 0 Å². The van der Waals surface area contributed by atoms with Gasteiger partial charge in [-0.15, -0.1) is 0 Å². The van der Waals surface area contributed by atoms with Gasteiger partial charge in [0, 0.05) is 22.9 Å². The van der Waals surface area contributed by atoms with E-state index in [0.29, 0.717) is 16.6 Å². The maximum Gasteiger partial charge on any atom is 0.388 e. The lowest BCUT2D eigenvalue weighted by Gasteiger charge is -2.35. The summed E-state index contributed by atoms with van der Waals surface area (Å²) in [4.78, 5) is 24.4. The number of carbonyl (C=O) groups is 1. The van der Waals surface area contributed by atoms with Gasteiger partial charge < -0.3 is 20.5 Å². The van der Waals surface area contributed by atoms with E-state index >= 15 is 0 Å². The molecule has 3 atom stereocenters. The van der Waals surface area contributed by atoms with Gasteiger partial charge in [0.15, 0.2) is 5.17 Å². The predicted octanol–water partition coefficient (Wildman–Crippen LogP) is 2.76. The second kappa shape index (κ2) is 8.35. The third-order valence-corrected chi connectivity index (χ3v) is 6.14. The van der Waals surface area contributed by atoms with Crippen molar-refractivity contribution in [3.63, 3.8) is 0 Å². The fraction of sp³-hybridized carbons (Fsp3) is 0.368. The number of anilines is 1. The molecule has 3 N–H and O–H groups in total. The van der Waals surface area contributed by atoms with E-state index in [2.05, 4.69) is 25.0 Å². The molecule has 3 heterocycles. The topological polar surface area (TPSA) is 112 Å². The Kier molecular flexibility index (Phi) is 5.75. The van der Waals surface area contributed by atoms with Crippen LogP contribution in [0.25, 0.3) is 0 Å². The Hall–Kier alpha value is -2.86. The molecule has 1 amide bonds. The quantitative estimate of drug-likeness (QED) is 0.716. The molecule has 2 unspecified atom stereocenters. The van der Waals surface area contributed by atoms with Gasteiger partial charge in [-0.1, -0.05) is 11.8 Å². The summed E-state index contributed by atoms with van der Waals surface area (Å²) in [5.74, 6) is -1.01. The molecule has 8 nitrogen and oxygen atoms in total. The molecule has 0 aliphatic carbocycles. The molecular weight excluding hydrogens is 435 g/mol. The molecule has 1 aromatic heterocycles. The van der Waals surface area contributed by atoms with Crippen molar-refractivity contribution >= 4 is 28.5 Å². The number of nitrogens with zero attached hydrogens (tertiary/aromatic N) is 3. The van der Waals surface area contributed by atoms with Gasteiger partial charge in [0.25, 0.3) is 5.91 Å². The number of amidine groups is 1. The van der Waals surface area contributed by atoms with E-state index in [1.165, 1.54) is 30.0 Å². The molecule has 0 saturated carbocycles. The lowest BCUT2D eigenvalue weighted by molar-refractivity contribution is -0.0531. The Morgan fingerprint density at radius 1 is 1.39 bits per heavy atom. The number of rotatable bonds is 5.